The van der Waals surface area contributed by atoms with Crippen LogP contribution in [0.1, 0.15) is 39.5 Å². The van der Waals surface area contributed by atoms with Gasteiger partial charge in [0.05, 0.1) is 0 Å². The second kappa shape index (κ2) is 10.1. The maximum absolute atomic E-state index is 2.32. The normalized spacial score (nSPS) is 11.1. The third kappa shape index (κ3) is 10.1. The van der Waals surface area contributed by atoms with Crippen molar-refractivity contribution in [3.05, 3.63) is 12.2 Å². The van der Waals surface area contributed by atoms with Crippen LogP contribution in [0.2, 0.25) is 0 Å². The van der Waals surface area contributed by atoms with E-state index in [0.717, 1.165) is 0 Å². The van der Waals surface area contributed by atoms with E-state index in [1.54, 1.807) is 0 Å². The summed E-state index contributed by atoms with van der Waals surface area (Å²) < 4.78 is 0. The van der Waals surface area contributed by atoms with E-state index in [2.05, 4.69) is 26.0 Å². The van der Waals surface area contributed by atoms with Crippen molar-refractivity contribution >= 4 is 11.8 Å². The molecule has 0 aromatic rings. The highest BCUT2D eigenvalue weighted by molar-refractivity contribution is 7.99. The number of hydrogen-bond donors (Lipinski definition) is 0. The first-order valence-electron chi connectivity index (χ1n) is 4.64. The van der Waals surface area contributed by atoms with Crippen molar-refractivity contribution in [3.63, 3.8) is 0 Å². The molecule has 0 aromatic carbocycles. The lowest BCUT2D eigenvalue weighted by molar-refractivity contribution is 0.729. The molecule has 0 aliphatic rings. The zero-order chi connectivity index (χ0) is 8.36. The molecular formula is C10H20S. The molecule has 11 heavy (non-hydrogen) atoms. The van der Waals surface area contributed by atoms with Crippen molar-refractivity contribution in [2.45, 2.75) is 39.5 Å². The molecule has 0 heterocycles. The van der Waals surface area contributed by atoms with Crippen LogP contribution in [-0.2, 0) is 0 Å². The molecule has 0 aromatic heterocycles. The van der Waals surface area contributed by atoms with E-state index in [9.17, 15) is 0 Å². The molecule has 0 aliphatic heterocycles. The van der Waals surface area contributed by atoms with Gasteiger partial charge < -0.3 is 0 Å². The second-order valence-electron chi connectivity index (χ2n) is 2.63. The van der Waals surface area contributed by atoms with Crippen molar-refractivity contribution in [3.8, 4) is 0 Å². The van der Waals surface area contributed by atoms with Crippen LogP contribution in [0, 0.1) is 0 Å². The minimum Gasteiger partial charge on any atom is -0.158 e. The van der Waals surface area contributed by atoms with Gasteiger partial charge in [0.2, 0.25) is 0 Å². The van der Waals surface area contributed by atoms with Gasteiger partial charge in [-0.3, -0.25) is 0 Å². The van der Waals surface area contributed by atoms with Crippen LogP contribution in [0.3, 0.4) is 0 Å². The zero-order valence-corrected chi connectivity index (χ0v) is 8.62. The van der Waals surface area contributed by atoms with Crippen LogP contribution in [0.25, 0.3) is 0 Å². The van der Waals surface area contributed by atoms with Crippen LogP contribution < -0.4 is 0 Å². The van der Waals surface area contributed by atoms with Crippen molar-refractivity contribution in [1.82, 2.24) is 0 Å². The minimum absolute atomic E-state index is 1.20. The molecule has 0 aliphatic carbocycles. The highest BCUT2D eigenvalue weighted by Gasteiger charge is 1.81. The van der Waals surface area contributed by atoms with E-state index in [0.29, 0.717) is 0 Å². The Morgan fingerprint density at radius 1 is 1.09 bits per heavy atom. The first kappa shape index (κ1) is 11.1. The fourth-order valence-electron chi connectivity index (χ4n) is 0.884. The Morgan fingerprint density at radius 2 is 1.91 bits per heavy atom. The highest BCUT2D eigenvalue weighted by Crippen LogP contribution is 2.02. The molecule has 0 saturated carbocycles. The second-order valence-corrected chi connectivity index (χ2v) is 3.95. The van der Waals surface area contributed by atoms with E-state index in [1.165, 1.54) is 37.2 Å². The molecule has 0 amide bonds. The predicted molar refractivity (Wildman–Crippen MR) is 56.3 cm³/mol. The van der Waals surface area contributed by atoms with Gasteiger partial charge in [0.25, 0.3) is 0 Å². The summed E-state index contributed by atoms with van der Waals surface area (Å²) in [6.45, 7) is 4.45. The van der Waals surface area contributed by atoms with Crippen LogP contribution in [0.4, 0.5) is 0 Å². The SMILES string of the molecule is CCCCC/C=C/CSCC. The molecule has 66 valence electrons. The van der Waals surface area contributed by atoms with Gasteiger partial charge in [-0.1, -0.05) is 38.8 Å². The van der Waals surface area contributed by atoms with Crippen molar-refractivity contribution in [1.29, 1.82) is 0 Å². The number of hydrogen-bond acceptors (Lipinski definition) is 1. The Balaban J connectivity index is 2.91. The molecule has 0 atom stereocenters. The van der Waals surface area contributed by atoms with Gasteiger partial charge in [-0.15, -0.1) is 0 Å². The third-order valence-electron chi connectivity index (χ3n) is 1.56. The third-order valence-corrected chi connectivity index (χ3v) is 2.40. The molecule has 0 fully saturated rings. The van der Waals surface area contributed by atoms with Gasteiger partial charge in [-0.25, -0.2) is 0 Å². The van der Waals surface area contributed by atoms with E-state index in [4.69, 9.17) is 0 Å². The maximum Gasteiger partial charge on any atom is 0.0113 e. The van der Waals surface area contributed by atoms with E-state index in [-0.39, 0.29) is 0 Å². The molecule has 0 radical (unpaired) electrons. The smallest absolute Gasteiger partial charge is 0.0113 e. The minimum atomic E-state index is 1.20. The quantitative estimate of drug-likeness (QED) is 0.415. The van der Waals surface area contributed by atoms with Gasteiger partial charge >= 0.3 is 0 Å². The number of allylic oxidation sites excluding steroid dienone is 1. The standard InChI is InChI=1S/C10H20S/c1-3-5-6-7-8-9-10-11-4-2/h8-9H,3-7,10H2,1-2H3/b9-8+. The van der Waals surface area contributed by atoms with Gasteiger partial charge in [0.1, 0.15) is 0 Å². The predicted octanol–water partition coefficient (Wildman–Crippen LogP) is 3.88. The van der Waals surface area contributed by atoms with Crippen LogP contribution in [0.5, 0.6) is 0 Å². The fraction of sp³-hybridized carbons (Fsp3) is 0.800. The van der Waals surface area contributed by atoms with E-state index >= 15 is 0 Å². The fourth-order valence-corrected chi connectivity index (χ4v) is 1.39. The molecule has 0 rings (SSSR count). The summed E-state index contributed by atoms with van der Waals surface area (Å²) in [5.41, 5.74) is 0. The summed E-state index contributed by atoms with van der Waals surface area (Å²) in [7, 11) is 0. The Labute approximate surface area is 75.5 Å². The van der Waals surface area contributed by atoms with Crippen molar-refractivity contribution in [2.75, 3.05) is 11.5 Å². The number of thioether (sulfide) groups is 1. The number of rotatable bonds is 7. The summed E-state index contributed by atoms with van der Waals surface area (Å²) >= 11 is 1.99. The Morgan fingerprint density at radius 3 is 2.55 bits per heavy atom. The maximum atomic E-state index is 2.32. The van der Waals surface area contributed by atoms with Gasteiger partial charge in [-0.05, 0) is 18.6 Å². The van der Waals surface area contributed by atoms with Crippen molar-refractivity contribution in [2.24, 2.45) is 0 Å². The summed E-state index contributed by atoms with van der Waals surface area (Å²) in [4.78, 5) is 0. The molecule has 0 N–H and O–H groups in total. The zero-order valence-electron chi connectivity index (χ0n) is 7.81. The Kier molecular flexibility index (Phi) is 10.2. The molecule has 0 bridgehead atoms. The first-order chi connectivity index (χ1) is 5.41. The molecule has 0 nitrogen and oxygen atoms in total. The summed E-state index contributed by atoms with van der Waals surface area (Å²) in [5.74, 6) is 2.43. The van der Waals surface area contributed by atoms with Crippen LogP contribution >= 0.6 is 11.8 Å². The van der Waals surface area contributed by atoms with E-state index < -0.39 is 0 Å². The topological polar surface area (TPSA) is 0 Å². The van der Waals surface area contributed by atoms with Gasteiger partial charge in [0.15, 0.2) is 0 Å². The number of unbranched alkanes of at least 4 members (excludes halogenated alkanes) is 3. The van der Waals surface area contributed by atoms with E-state index in [1.807, 2.05) is 11.8 Å². The van der Waals surface area contributed by atoms with Gasteiger partial charge in [0, 0.05) is 5.75 Å². The molecule has 0 spiro atoms. The van der Waals surface area contributed by atoms with Crippen molar-refractivity contribution < 1.29 is 0 Å². The Bertz CT molecular complexity index is 86.9. The summed E-state index contributed by atoms with van der Waals surface area (Å²) in [5, 5.41) is 0. The molecular weight excluding hydrogens is 152 g/mol. The molecule has 1 heteroatoms. The lowest BCUT2D eigenvalue weighted by Crippen LogP contribution is -1.74. The first-order valence-corrected chi connectivity index (χ1v) is 5.80. The van der Waals surface area contributed by atoms with Gasteiger partial charge in [-0.2, -0.15) is 11.8 Å². The van der Waals surface area contributed by atoms with Crippen LogP contribution in [-0.4, -0.2) is 11.5 Å². The largest absolute Gasteiger partial charge is 0.158 e. The lowest BCUT2D eigenvalue weighted by atomic mass is 10.2. The lowest BCUT2D eigenvalue weighted by Gasteiger charge is -1.91. The summed E-state index contributed by atoms with van der Waals surface area (Å²) in [6.07, 6.45) is 9.97. The monoisotopic (exact) mass is 172 g/mol. The average Bonchev–Trinajstić information content (AvgIpc) is 2.03. The Hall–Kier alpha value is 0.0900. The average molecular weight is 172 g/mol. The summed E-state index contributed by atoms with van der Waals surface area (Å²) in [6, 6.07) is 0. The highest BCUT2D eigenvalue weighted by atomic mass is 32.2. The molecule has 0 unspecified atom stereocenters. The van der Waals surface area contributed by atoms with Crippen LogP contribution in [0.15, 0.2) is 12.2 Å². The molecule has 0 saturated heterocycles.